The first-order chi connectivity index (χ1) is 13.2. The van der Waals surface area contributed by atoms with Gasteiger partial charge in [-0.05, 0) is 46.6 Å². The lowest BCUT2D eigenvalue weighted by Crippen LogP contribution is -2.34. The average Bonchev–Trinajstić information content (AvgIpc) is 2.69. The summed E-state index contributed by atoms with van der Waals surface area (Å²) in [6.45, 7) is 10.7. The van der Waals surface area contributed by atoms with E-state index < -0.39 is 26.3 Å². The standard InChI is InChI=1S/C16H30O10P2/c1-7-19-23-27(17,24-20-8-2)15-11-12-16(6,14(5)13-15)28(18,25-21-9-3)26-22-10-4/h11-14H,7-10H2,1-6H3/t14-,16+/m0/s1. The van der Waals surface area contributed by atoms with Crippen molar-refractivity contribution in [1.82, 2.24) is 0 Å². The molecule has 2 atom stereocenters. The van der Waals surface area contributed by atoms with E-state index in [1.165, 1.54) is 12.2 Å². The Bertz CT molecular complexity index is 611. The van der Waals surface area contributed by atoms with Crippen LogP contribution in [0.15, 0.2) is 23.5 Å². The van der Waals surface area contributed by atoms with Gasteiger partial charge in [0.2, 0.25) is 0 Å². The van der Waals surface area contributed by atoms with Gasteiger partial charge in [-0.15, -0.1) is 18.7 Å². The third kappa shape index (κ3) is 6.06. The summed E-state index contributed by atoms with van der Waals surface area (Å²) in [6.07, 6.45) is 4.54. The average molecular weight is 444 g/mol. The maximum Gasteiger partial charge on any atom is 0.414 e. The molecule has 0 aromatic heterocycles. The molecule has 0 bridgehead atoms. The molecule has 12 heteroatoms. The van der Waals surface area contributed by atoms with Crippen LogP contribution in [0.1, 0.15) is 41.5 Å². The predicted molar refractivity (Wildman–Crippen MR) is 101 cm³/mol. The van der Waals surface area contributed by atoms with Gasteiger partial charge in [-0.3, -0.25) is 4.57 Å². The molecule has 28 heavy (non-hydrogen) atoms. The zero-order chi connectivity index (χ0) is 21.3. The molecule has 1 rings (SSSR count). The molecule has 0 amide bonds. The van der Waals surface area contributed by atoms with Gasteiger partial charge in [0.25, 0.3) is 0 Å². The molecule has 0 aliphatic heterocycles. The van der Waals surface area contributed by atoms with Crippen LogP contribution in [0.2, 0.25) is 0 Å². The fourth-order valence-corrected chi connectivity index (χ4v) is 5.18. The van der Waals surface area contributed by atoms with Gasteiger partial charge < -0.3 is 0 Å². The van der Waals surface area contributed by atoms with Gasteiger partial charge in [-0.25, -0.2) is 24.1 Å². The van der Waals surface area contributed by atoms with Crippen molar-refractivity contribution < 1.29 is 47.4 Å². The molecule has 1 aliphatic rings. The van der Waals surface area contributed by atoms with E-state index in [1.54, 1.807) is 47.6 Å². The second-order valence-corrected chi connectivity index (χ2v) is 9.92. The zero-order valence-electron chi connectivity index (χ0n) is 17.1. The SMILES string of the molecule is CCOOP(=O)(OOCC)C1=C[C@H](C)[C@](C)(P(=O)(OOCC)OOCC)C=C1. The van der Waals surface area contributed by atoms with E-state index in [1.807, 2.05) is 0 Å². The van der Waals surface area contributed by atoms with Gasteiger partial charge in [-0.1, -0.05) is 19.1 Å². The molecular formula is C16H30O10P2. The Kier molecular flexibility index (Phi) is 10.7. The molecule has 0 aromatic rings. The van der Waals surface area contributed by atoms with E-state index in [2.05, 4.69) is 0 Å². The van der Waals surface area contributed by atoms with Crippen LogP contribution in [0.25, 0.3) is 0 Å². The summed E-state index contributed by atoms with van der Waals surface area (Å²) in [5.41, 5.74) is 0. The number of hydrogen-bond acceptors (Lipinski definition) is 10. The van der Waals surface area contributed by atoms with Gasteiger partial charge in [0.05, 0.1) is 36.9 Å². The van der Waals surface area contributed by atoms with Gasteiger partial charge in [0.1, 0.15) is 0 Å². The Balaban J connectivity index is 3.19. The van der Waals surface area contributed by atoms with Crippen LogP contribution in [0, 0.1) is 5.92 Å². The molecular weight excluding hydrogens is 414 g/mol. The van der Waals surface area contributed by atoms with Crippen molar-refractivity contribution in [3.8, 4) is 0 Å². The van der Waals surface area contributed by atoms with Crippen molar-refractivity contribution in [2.24, 2.45) is 5.92 Å². The quantitative estimate of drug-likeness (QED) is 0.204. The first-order valence-electron chi connectivity index (χ1n) is 9.09. The second kappa shape index (κ2) is 11.7. The van der Waals surface area contributed by atoms with Crippen molar-refractivity contribution in [2.75, 3.05) is 26.4 Å². The Morgan fingerprint density at radius 3 is 1.68 bits per heavy atom. The molecule has 0 fully saturated rings. The largest absolute Gasteiger partial charge is 0.414 e. The topological polar surface area (TPSA) is 108 Å². The monoisotopic (exact) mass is 444 g/mol. The van der Waals surface area contributed by atoms with E-state index in [-0.39, 0.29) is 31.7 Å². The highest BCUT2D eigenvalue weighted by Gasteiger charge is 2.53. The highest BCUT2D eigenvalue weighted by molar-refractivity contribution is 7.58. The minimum atomic E-state index is -3.93. The van der Waals surface area contributed by atoms with Crippen LogP contribution >= 0.6 is 15.2 Å². The summed E-state index contributed by atoms with van der Waals surface area (Å²) in [6, 6.07) is 0. The molecule has 164 valence electrons. The second-order valence-electron chi connectivity index (χ2n) is 5.86. The summed E-state index contributed by atoms with van der Waals surface area (Å²) in [7, 11) is -7.85. The van der Waals surface area contributed by atoms with E-state index in [0.29, 0.717) is 0 Å². The third-order valence-electron chi connectivity index (χ3n) is 3.92. The lowest BCUT2D eigenvalue weighted by atomic mass is 9.91. The zero-order valence-corrected chi connectivity index (χ0v) is 18.9. The number of rotatable bonds is 14. The molecule has 0 saturated carbocycles. The molecule has 0 radical (unpaired) electrons. The lowest BCUT2D eigenvalue weighted by molar-refractivity contribution is -0.266. The van der Waals surface area contributed by atoms with E-state index in [9.17, 15) is 9.13 Å². The minimum absolute atomic E-state index is 0.156. The van der Waals surface area contributed by atoms with Crippen LogP contribution in [0.3, 0.4) is 0 Å². The van der Waals surface area contributed by atoms with Gasteiger partial charge in [0, 0.05) is 0 Å². The molecule has 0 spiro atoms. The Morgan fingerprint density at radius 1 is 0.857 bits per heavy atom. The molecule has 0 N–H and O–H groups in total. The Morgan fingerprint density at radius 2 is 1.29 bits per heavy atom. The van der Waals surface area contributed by atoms with Crippen LogP contribution in [0.4, 0.5) is 0 Å². The van der Waals surface area contributed by atoms with E-state index in [4.69, 9.17) is 38.2 Å². The van der Waals surface area contributed by atoms with Gasteiger partial charge in [-0.2, -0.15) is 0 Å². The molecule has 10 nitrogen and oxygen atoms in total. The van der Waals surface area contributed by atoms with Crippen molar-refractivity contribution in [1.29, 1.82) is 0 Å². The van der Waals surface area contributed by atoms with Crippen molar-refractivity contribution in [3.63, 3.8) is 0 Å². The third-order valence-corrected chi connectivity index (χ3v) is 7.79. The first-order valence-corrected chi connectivity index (χ1v) is 12.2. The van der Waals surface area contributed by atoms with Crippen molar-refractivity contribution >= 4 is 15.2 Å². The highest BCUT2D eigenvalue weighted by Crippen LogP contribution is 2.67. The van der Waals surface area contributed by atoms with E-state index in [0.717, 1.165) is 0 Å². The molecule has 0 saturated heterocycles. The van der Waals surface area contributed by atoms with Crippen LogP contribution in [-0.2, 0) is 47.4 Å². The summed E-state index contributed by atoms with van der Waals surface area (Å²) in [5.74, 6) is -0.497. The van der Waals surface area contributed by atoms with Gasteiger partial charge >= 0.3 is 15.2 Å². The lowest BCUT2D eigenvalue weighted by Gasteiger charge is -2.37. The highest BCUT2D eigenvalue weighted by atomic mass is 31.2. The number of allylic oxidation sites excluding steroid dienone is 4. The van der Waals surface area contributed by atoms with Gasteiger partial charge in [0.15, 0.2) is 0 Å². The van der Waals surface area contributed by atoms with Crippen molar-refractivity contribution in [3.05, 3.63) is 23.5 Å². The molecule has 0 aromatic carbocycles. The smallest absolute Gasteiger partial charge is 0.254 e. The summed E-state index contributed by atoms with van der Waals surface area (Å²) in [4.78, 5) is 19.4. The van der Waals surface area contributed by atoms with Crippen molar-refractivity contribution in [2.45, 2.75) is 46.7 Å². The fraction of sp³-hybridized carbons (Fsp3) is 0.750. The minimum Gasteiger partial charge on any atom is -0.254 e. The number of hydrogen-bond donors (Lipinski definition) is 0. The summed E-state index contributed by atoms with van der Waals surface area (Å²) in [5, 5.41) is -0.998. The maximum absolute atomic E-state index is 13.4. The fourth-order valence-electron chi connectivity index (χ4n) is 2.17. The Hall–Kier alpha value is -0.380. The first kappa shape index (κ1) is 25.7. The maximum atomic E-state index is 13.4. The van der Waals surface area contributed by atoms with Crippen LogP contribution < -0.4 is 0 Å². The van der Waals surface area contributed by atoms with Crippen LogP contribution in [-0.4, -0.2) is 31.6 Å². The normalized spacial score (nSPS) is 23.1. The Labute approximate surface area is 165 Å². The summed E-state index contributed by atoms with van der Waals surface area (Å²) >= 11 is 0. The molecule has 0 heterocycles. The van der Waals surface area contributed by atoms with E-state index >= 15 is 0 Å². The van der Waals surface area contributed by atoms with Crippen LogP contribution in [0.5, 0.6) is 0 Å². The summed E-state index contributed by atoms with van der Waals surface area (Å²) < 4.78 is 46.5. The molecule has 0 unspecified atom stereocenters. The predicted octanol–water partition coefficient (Wildman–Crippen LogP) is 5.09. The molecule has 1 aliphatic carbocycles.